The summed E-state index contributed by atoms with van der Waals surface area (Å²) in [5.41, 5.74) is 1.26. The van der Waals surface area contributed by atoms with Crippen molar-refractivity contribution in [3.63, 3.8) is 0 Å². The van der Waals surface area contributed by atoms with Crippen molar-refractivity contribution in [3.05, 3.63) is 55.1 Å². The van der Waals surface area contributed by atoms with E-state index in [0.29, 0.717) is 30.9 Å². The Morgan fingerprint density at radius 3 is 2.29 bits per heavy atom. The lowest BCUT2D eigenvalue weighted by Crippen LogP contribution is -2.33. The van der Waals surface area contributed by atoms with Crippen molar-refractivity contribution in [2.75, 3.05) is 31.5 Å². The lowest BCUT2D eigenvalue weighted by atomic mass is 10.2. The monoisotopic (exact) mass is 329 g/mol. The lowest BCUT2D eigenvalue weighted by Gasteiger charge is -2.18. The predicted octanol–water partition coefficient (Wildman–Crippen LogP) is 2.83. The first-order valence-electron chi connectivity index (χ1n) is 8.23. The van der Waals surface area contributed by atoms with Gasteiger partial charge < -0.3 is 10.6 Å². The molecule has 0 fully saturated rings. The van der Waals surface area contributed by atoms with E-state index in [-0.39, 0.29) is 18.4 Å². The van der Waals surface area contributed by atoms with Gasteiger partial charge in [0.2, 0.25) is 5.91 Å². The maximum absolute atomic E-state index is 12.1. The Hall–Kier alpha value is -2.40. The summed E-state index contributed by atoms with van der Waals surface area (Å²) in [4.78, 5) is 25.9. The molecule has 0 aliphatic heterocycles. The second kappa shape index (κ2) is 11.2. The van der Waals surface area contributed by atoms with Crippen LogP contribution < -0.4 is 10.6 Å². The van der Waals surface area contributed by atoms with Gasteiger partial charge in [-0.3, -0.25) is 14.5 Å². The number of hydrogen-bond donors (Lipinski definition) is 2. The third kappa shape index (κ3) is 7.24. The van der Waals surface area contributed by atoms with Crippen LogP contribution in [0.15, 0.2) is 49.6 Å². The van der Waals surface area contributed by atoms with Crippen molar-refractivity contribution < 1.29 is 9.59 Å². The van der Waals surface area contributed by atoms with Crippen LogP contribution in [0.25, 0.3) is 0 Å². The van der Waals surface area contributed by atoms with E-state index < -0.39 is 0 Å². The van der Waals surface area contributed by atoms with Gasteiger partial charge in [0, 0.05) is 30.9 Å². The molecule has 0 aliphatic carbocycles. The molecule has 130 valence electrons. The number of amides is 2. The van der Waals surface area contributed by atoms with Crippen molar-refractivity contribution in [2.45, 2.75) is 19.8 Å². The van der Waals surface area contributed by atoms with Crippen molar-refractivity contribution >= 4 is 17.5 Å². The molecule has 0 aromatic heterocycles. The molecule has 2 N–H and O–H groups in total. The van der Waals surface area contributed by atoms with E-state index in [9.17, 15) is 9.59 Å². The number of nitrogens with one attached hydrogen (secondary N) is 2. The Balaban J connectivity index is 2.53. The summed E-state index contributed by atoms with van der Waals surface area (Å²) in [5.74, 6) is -0.205. The first kappa shape index (κ1) is 19.6. The topological polar surface area (TPSA) is 61.4 Å². The molecule has 2 amide bonds. The summed E-state index contributed by atoms with van der Waals surface area (Å²) in [7, 11) is 0. The predicted molar refractivity (Wildman–Crippen MR) is 99.1 cm³/mol. The molecule has 0 aliphatic rings. The minimum absolute atomic E-state index is 0.0931. The molecule has 1 aromatic rings. The SMILES string of the molecule is C=CCN(CC=C)CC(=O)Nc1ccc(C(=O)NCCCC)cc1. The fourth-order valence-electron chi connectivity index (χ4n) is 2.16. The molecular formula is C19H27N3O2. The van der Waals surface area contributed by atoms with Gasteiger partial charge in [0.15, 0.2) is 0 Å². The van der Waals surface area contributed by atoms with E-state index in [0.717, 1.165) is 12.8 Å². The van der Waals surface area contributed by atoms with Gasteiger partial charge in [0.1, 0.15) is 0 Å². The molecule has 0 saturated heterocycles. The average molecular weight is 329 g/mol. The number of hydrogen-bond acceptors (Lipinski definition) is 3. The summed E-state index contributed by atoms with van der Waals surface area (Å²) in [6.07, 6.45) is 5.51. The second-order valence-corrected chi connectivity index (χ2v) is 5.51. The number of carbonyl (C=O) groups is 2. The van der Waals surface area contributed by atoms with E-state index in [4.69, 9.17) is 0 Å². The fraction of sp³-hybridized carbons (Fsp3) is 0.368. The molecule has 0 spiro atoms. The summed E-state index contributed by atoms with van der Waals surface area (Å²) >= 11 is 0. The van der Waals surface area contributed by atoms with Crippen LogP contribution in [0, 0.1) is 0 Å². The van der Waals surface area contributed by atoms with Gasteiger partial charge in [-0.25, -0.2) is 0 Å². The largest absolute Gasteiger partial charge is 0.352 e. The Labute approximate surface area is 144 Å². The summed E-state index contributed by atoms with van der Waals surface area (Å²) < 4.78 is 0. The third-order valence-electron chi connectivity index (χ3n) is 3.39. The Bertz CT molecular complexity index is 542. The van der Waals surface area contributed by atoms with E-state index in [1.165, 1.54) is 0 Å². The Kier molecular flexibility index (Phi) is 9.16. The molecule has 1 aromatic carbocycles. The third-order valence-corrected chi connectivity index (χ3v) is 3.39. The highest BCUT2D eigenvalue weighted by Gasteiger charge is 2.09. The highest BCUT2D eigenvalue weighted by atomic mass is 16.2. The van der Waals surface area contributed by atoms with Crippen molar-refractivity contribution in [3.8, 4) is 0 Å². The van der Waals surface area contributed by atoms with Gasteiger partial charge in [-0.2, -0.15) is 0 Å². The van der Waals surface area contributed by atoms with Gasteiger partial charge >= 0.3 is 0 Å². The Morgan fingerprint density at radius 1 is 1.12 bits per heavy atom. The molecule has 0 saturated carbocycles. The quantitative estimate of drug-likeness (QED) is 0.485. The van der Waals surface area contributed by atoms with Crippen LogP contribution >= 0.6 is 0 Å². The number of nitrogens with zero attached hydrogens (tertiary/aromatic N) is 1. The van der Waals surface area contributed by atoms with Gasteiger partial charge in [-0.05, 0) is 30.7 Å². The standard InChI is InChI=1S/C19H27N3O2/c1-4-7-12-20-19(24)16-8-10-17(11-9-16)21-18(23)15-22(13-5-2)14-6-3/h5-6,8-11H,2-4,7,12-15H2,1H3,(H,20,24)(H,21,23). The lowest BCUT2D eigenvalue weighted by molar-refractivity contribution is -0.117. The van der Waals surface area contributed by atoms with Crippen molar-refractivity contribution in [1.82, 2.24) is 10.2 Å². The molecular weight excluding hydrogens is 302 g/mol. The molecule has 1 rings (SSSR count). The number of rotatable bonds is 11. The minimum Gasteiger partial charge on any atom is -0.352 e. The van der Waals surface area contributed by atoms with E-state index in [2.05, 4.69) is 30.7 Å². The maximum Gasteiger partial charge on any atom is 0.251 e. The van der Waals surface area contributed by atoms with Gasteiger partial charge in [0.05, 0.1) is 6.54 Å². The van der Waals surface area contributed by atoms with Crippen LogP contribution in [0.5, 0.6) is 0 Å². The molecule has 5 nitrogen and oxygen atoms in total. The van der Waals surface area contributed by atoms with Crippen LogP contribution in [0.4, 0.5) is 5.69 Å². The van der Waals surface area contributed by atoms with E-state index in [1.807, 2.05) is 4.90 Å². The number of carbonyl (C=O) groups excluding carboxylic acids is 2. The van der Waals surface area contributed by atoms with Gasteiger partial charge in [0.25, 0.3) is 5.91 Å². The van der Waals surface area contributed by atoms with E-state index in [1.54, 1.807) is 36.4 Å². The zero-order valence-corrected chi connectivity index (χ0v) is 14.4. The van der Waals surface area contributed by atoms with E-state index >= 15 is 0 Å². The molecule has 24 heavy (non-hydrogen) atoms. The van der Waals surface area contributed by atoms with Gasteiger partial charge in [-0.1, -0.05) is 25.5 Å². The maximum atomic E-state index is 12.1. The van der Waals surface area contributed by atoms with Crippen LogP contribution in [-0.2, 0) is 4.79 Å². The van der Waals surface area contributed by atoms with Gasteiger partial charge in [-0.15, -0.1) is 13.2 Å². The average Bonchev–Trinajstić information content (AvgIpc) is 2.56. The number of unbranched alkanes of at least 4 members (excludes halogenated alkanes) is 1. The van der Waals surface area contributed by atoms with Crippen molar-refractivity contribution in [2.24, 2.45) is 0 Å². The highest BCUT2D eigenvalue weighted by molar-refractivity contribution is 5.96. The second-order valence-electron chi connectivity index (χ2n) is 5.51. The molecule has 0 heterocycles. The van der Waals surface area contributed by atoms with Crippen molar-refractivity contribution in [1.29, 1.82) is 0 Å². The molecule has 0 atom stereocenters. The number of benzene rings is 1. The van der Waals surface area contributed by atoms with Crippen LogP contribution in [-0.4, -0.2) is 42.9 Å². The molecule has 0 unspecified atom stereocenters. The normalized spacial score (nSPS) is 10.2. The summed E-state index contributed by atoms with van der Waals surface area (Å²) in [5, 5.41) is 5.69. The first-order chi connectivity index (χ1) is 11.6. The molecule has 5 heteroatoms. The zero-order valence-electron chi connectivity index (χ0n) is 14.4. The summed E-state index contributed by atoms with van der Waals surface area (Å²) in [6.45, 7) is 11.6. The fourth-order valence-corrected chi connectivity index (χ4v) is 2.16. The molecule has 0 bridgehead atoms. The zero-order chi connectivity index (χ0) is 17.8. The number of anilines is 1. The minimum atomic E-state index is -0.112. The summed E-state index contributed by atoms with van der Waals surface area (Å²) in [6, 6.07) is 6.89. The highest BCUT2D eigenvalue weighted by Crippen LogP contribution is 2.10. The Morgan fingerprint density at radius 2 is 1.75 bits per heavy atom. The smallest absolute Gasteiger partial charge is 0.251 e. The molecule has 0 radical (unpaired) electrons. The first-order valence-corrected chi connectivity index (χ1v) is 8.23. The van der Waals surface area contributed by atoms with Crippen LogP contribution in [0.3, 0.4) is 0 Å². The van der Waals surface area contributed by atoms with Crippen LogP contribution in [0.1, 0.15) is 30.1 Å². The van der Waals surface area contributed by atoms with Crippen LogP contribution in [0.2, 0.25) is 0 Å².